The van der Waals surface area contributed by atoms with Gasteiger partial charge in [-0.25, -0.2) is 0 Å². The maximum Gasteiger partial charge on any atom is 0.0320 e. The molecule has 1 aromatic heterocycles. The molecular weight excluding hydrogens is 258 g/mol. The van der Waals surface area contributed by atoms with E-state index in [1.807, 2.05) is 18.5 Å². The van der Waals surface area contributed by atoms with Crippen LogP contribution < -0.4 is 5.32 Å². The lowest BCUT2D eigenvalue weighted by atomic mass is 10.1. The van der Waals surface area contributed by atoms with Crippen molar-refractivity contribution in [2.24, 2.45) is 0 Å². The minimum Gasteiger partial charge on any atom is -0.309 e. The molecule has 1 aromatic carbocycles. The second-order valence-electron chi connectivity index (χ2n) is 5.81. The summed E-state index contributed by atoms with van der Waals surface area (Å²) in [6, 6.07) is 16.0. The molecule has 0 unspecified atom stereocenters. The van der Waals surface area contributed by atoms with Crippen LogP contribution in [0.5, 0.6) is 0 Å². The fourth-order valence-electron chi connectivity index (χ4n) is 3.01. The highest BCUT2D eigenvalue weighted by Gasteiger charge is 2.26. The van der Waals surface area contributed by atoms with Crippen molar-refractivity contribution in [3.05, 3.63) is 66.0 Å². The molecule has 21 heavy (non-hydrogen) atoms. The number of hydrogen-bond donors (Lipinski definition) is 1. The minimum absolute atomic E-state index is 0.497. The first-order chi connectivity index (χ1) is 10.3. The molecule has 0 radical (unpaired) electrons. The molecule has 2 atom stereocenters. The molecule has 1 N–H and O–H groups in total. The van der Waals surface area contributed by atoms with Crippen LogP contribution in [0.15, 0.2) is 54.9 Å². The summed E-state index contributed by atoms with van der Waals surface area (Å²) in [6.45, 7) is 5.50. The standard InChI is InChI=1S/C18H23N3/c1-15(17-7-3-2-4-8-17)21-11-9-18(14-21)20-13-16-6-5-10-19-12-16/h2-8,10,12,15,18,20H,9,11,13-14H2,1H3/t15-,18+/m0/s1. The van der Waals surface area contributed by atoms with Crippen LogP contribution in [0.3, 0.4) is 0 Å². The highest BCUT2D eigenvalue weighted by Crippen LogP contribution is 2.24. The molecule has 2 heterocycles. The van der Waals surface area contributed by atoms with Gasteiger partial charge in [-0.2, -0.15) is 0 Å². The second kappa shape index (κ2) is 6.83. The number of aromatic nitrogens is 1. The van der Waals surface area contributed by atoms with Crippen LogP contribution in [0.1, 0.15) is 30.5 Å². The quantitative estimate of drug-likeness (QED) is 0.913. The number of nitrogens with one attached hydrogen (secondary N) is 1. The monoisotopic (exact) mass is 281 g/mol. The van der Waals surface area contributed by atoms with E-state index in [0.717, 1.165) is 13.1 Å². The van der Waals surface area contributed by atoms with Crippen LogP contribution in [0.25, 0.3) is 0 Å². The van der Waals surface area contributed by atoms with Crippen molar-refractivity contribution in [2.45, 2.75) is 32.0 Å². The maximum absolute atomic E-state index is 4.16. The van der Waals surface area contributed by atoms with Gasteiger partial charge in [-0.05, 0) is 30.5 Å². The summed E-state index contributed by atoms with van der Waals surface area (Å²) in [5, 5.41) is 3.65. The van der Waals surface area contributed by atoms with Crippen molar-refractivity contribution in [2.75, 3.05) is 13.1 Å². The van der Waals surface area contributed by atoms with Gasteiger partial charge in [0.1, 0.15) is 0 Å². The maximum atomic E-state index is 4.16. The zero-order chi connectivity index (χ0) is 14.5. The first kappa shape index (κ1) is 14.2. The Morgan fingerprint density at radius 3 is 2.86 bits per heavy atom. The Hall–Kier alpha value is -1.71. The van der Waals surface area contributed by atoms with E-state index in [1.54, 1.807) is 0 Å². The average molecular weight is 281 g/mol. The molecule has 0 saturated carbocycles. The normalized spacial score (nSPS) is 20.5. The molecule has 110 valence electrons. The van der Waals surface area contributed by atoms with Gasteiger partial charge in [-0.3, -0.25) is 9.88 Å². The van der Waals surface area contributed by atoms with E-state index in [9.17, 15) is 0 Å². The molecule has 3 rings (SSSR count). The number of likely N-dealkylation sites (tertiary alicyclic amines) is 1. The first-order valence-electron chi connectivity index (χ1n) is 7.74. The zero-order valence-corrected chi connectivity index (χ0v) is 12.6. The number of hydrogen-bond acceptors (Lipinski definition) is 3. The number of nitrogens with zero attached hydrogens (tertiary/aromatic N) is 2. The van der Waals surface area contributed by atoms with Gasteiger partial charge < -0.3 is 5.32 Å². The van der Waals surface area contributed by atoms with Gasteiger partial charge >= 0.3 is 0 Å². The van der Waals surface area contributed by atoms with Gasteiger partial charge in [0.25, 0.3) is 0 Å². The van der Waals surface area contributed by atoms with E-state index in [-0.39, 0.29) is 0 Å². The number of pyridine rings is 1. The Bertz CT molecular complexity index is 541. The van der Waals surface area contributed by atoms with Gasteiger partial charge in [0.15, 0.2) is 0 Å². The van der Waals surface area contributed by atoms with Crippen molar-refractivity contribution in [1.29, 1.82) is 0 Å². The van der Waals surface area contributed by atoms with Crippen LogP contribution in [-0.2, 0) is 6.54 Å². The van der Waals surface area contributed by atoms with Gasteiger partial charge in [-0.1, -0.05) is 36.4 Å². The molecule has 0 amide bonds. The molecular formula is C18H23N3. The van der Waals surface area contributed by atoms with Crippen LogP contribution in [-0.4, -0.2) is 29.0 Å². The summed E-state index contributed by atoms with van der Waals surface area (Å²) in [5.41, 5.74) is 2.66. The lowest BCUT2D eigenvalue weighted by molar-refractivity contribution is 0.255. The Morgan fingerprint density at radius 2 is 2.10 bits per heavy atom. The minimum atomic E-state index is 0.497. The highest BCUT2D eigenvalue weighted by atomic mass is 15.2. The summed E-state index contributed by atoms with van der Waals surface area (Å²) in [5.74, 6) is 0. The predicted molar refractivity (Wildman–Crippen MR) is 85.9 cm³/mol. The predicted octanol–water partition coefficient (Wildman–Crippen LogP) is 3.01. The van der Waals surface area contributed by atoms with E-state index in [4.69, 9.17) is 0 Å². The Labute approximate surface area is 127 Å². The summed E-state index contributed by atoms with van der Waals surface area (Å²) in [7, 11) is 0. The smallest absolute Gasteiger partial charge is 0.0320 e. The van der Waals surface area contributed by atoms with Crippen LogP contribution in [0, 0.1) is 0 Å². The molecule has 3 nitrogen and oxygen atoms in total. The largest absolute Gasteiger partial charge is 0.309 e. The Kier molecular flexibility index (Phi) is 4.63. The van der Waals surface area contributed by atoms with Crippen molar-refractivity contribution in [1.82, 2.24) is 15.2 Å². The number of rotatable bonds is 5. The summed E-state index contributed by atoms with van der Waals surface area (Å²) in [4.78, 5) is 6.73. The van der Waals surface area contributed by atoms with Crippen molar-refractivity contribution < 1.29 is 0 Å². The van der Waals surface area contributed by atoms with Crippen LogP contribution >= 0.6 is 0 Å². The second-order valence-corrected chi connectivity index (χ2v) is 5.81. The van der Waals surface area contributed by atoms with Crippen molar-refractivity contribution >= 4 is 0 Å². The third-order valence-electron chi connectivity index (χ3n) is 4.37. The van der Waals surface area contributed by atoms with E-state index >= 15 is 0 Å². The topological polar surface area (TPSA) is 28.2 Å². The van der Waals surface area contributed by atoms with E-state index < -0.39 is 0 Å². The molecule has 0 spiro atoms. The third-order valence-corrected chi connectivity index (χ3v) is 4.37. The third kappa shape index (κ3) is 3.69. The summed E-state index contributed by atoms with van der Waals surface area (Å²) in [6.07, 6.45) is 4.98. The first-order valence-corrected chi connectivity index (χ1v) is 7.74. The van der Waals surface area contributed by atoms with Gasteiger partial charge in [0.05, 0.1) is 0 Å². The SMILES string of the molecule is C[C@@H](c1ccccc1)N1CC[C@@H](NCc2cccnc2)C1. The Balaban J connectivity index is 1.51. The molecule has 0 aliphatic carbocycles. The fourth-order valence-corrected chi connectivity index (χ4v) is 3.01. The van der Waals surface area contributed by atoms with Crippen LogP contribution in [0.2, 0.25) is 0 Å². The van der Waals surface area contributed by atoms with Crippen LogP contribution in [0.4, 0.5) is 0 Å². The highest BCUT2D eigenvalue weighted by molar-refractivity contribution is 5.18. The molecule has 2 aromatic rings. The van der Waals surface area contributed by atoms with E-state index in [1.165, 1.54) is 24.1 Å². The summed E-state index contributed by atoms with van der Waals surface area (Å²) < 4.78 is 0. The molecule has 1 saturated heterocycles. The lowest BCUT2D eigenvalue weighted by Crippen LogP contribution is -2.33. The molecule has 1 aliphatic heterocycles. The average Bonchev–Trinajstić information content (AvgIpc) is 3.03. The summed E-state index contributed by atoms with van der Waals surface area (Å²) >= 11 is 0. The van der Waals surface area contributed by atoms with E-state index in [0.29, 0.717) is 12.1 Å². The molecule has 0 bridgehead atoms. The number of benzene rings is 1. The zero-order valence-electron chi connectivity index (χ0n) is 12.6. The lowest BCUT2D eigenvalue weighted by Gasteiger charge is -2.24. The van der Waals surface area contributed by atoms with Crippen molar-refractivity contribution in [3.63, 3.8) is 0 Å². The van der Waals surface area contributed by atoms with Gasteiger partial charge in [0.2, 0.25) is 0 Å². The van der Waals surface area contributed by atoms with E-state index in [2.05, 4.69) is 58.5 Å². The molecule has 3 heteroatoms. The molecule has 1 fully saturated rings. The van der Waals surface area contributed by atoms with Gasteiger partial charge in [0, 0.05) is 44.1 Å². The van der Waals surface area contributed by atoms with Crippen molar-refractivity contribution in [3.8, 4) is 0 Å². The fraction of sp³-hybridized carbons (Fsp3) is 0.389. The van der Waals surface area contributed by atoms with Gasteiger partial charge in [-0.15, -0.1) is 0 Å². The Morgan fingerprint density at radius 1 is 1.24 bits per heavy atom. The molecule has 1 aliphatic rings.